The SMILES string of the molecule is CCC(C)NCC(=O)NCc1ccccc1Cl. The topological polar surface area (TPSA) is 41.1 Å². The van der Waals surface area contributed by atoms with Gasteiger partial charge in [0, 0.05) is 17.6 Å². The third kappa shape index (κ3) is 5.20. The molecule has 1 aromatic rings. The number of hydrogen-bond donors (Lipinski definition) is 2. The average molecular weight is 255 g/mol. The van der Waals surface area contributed by atoms with Crippen molar-refractivity contribution in [3.8, 4) is 0 Å². The van der Waals surface area contributed by atoms with Crippen LogP contribution in [0.3, 0.4) is 0 Å². The average Bonchev–Trinajstić information content (AvgIpc) is 2.35. The molecule has 1 atom stereocenters. The molecule has 1 rings (SSSR count). The number of carbonyl (C=O) groups excluding carboxylic acids is 1. The Balaban J connectivity index is 2.31. The first-order valence-corrected chi connectivity index (χ1v) is 6.24. The Labute approximate surface area is 108 Å². The Bertz CT molecular complexity index is 368. The lowest BCUT2D eigenvalue weighted by atomic mass is 10.2. The predicted octanol–water partition coefficient (Wildman–Crippen LogP) is 2.34. The molecule has 1 unspecified atom stereocenters. The van der Waals surface area contributed by atoms with Crippen LogP contribution in [-0.2, 0) is 11.3 Å². The summed E-state index contributed by atoms with van der Waals surface area (Å²) in [7, 11) is 0. The molecule has 0 heterocycles. The highest BCUT2D eigenvalue weighted by Crippen LogP contribution is 2.13. The van der Waals surface area contributed by atoms with Gasteiger partial charge in [0.25, 0.3) is 0 Å². The molecule has 0 radical (unpaired) electrons. The monoisotopic (exact) mass is 254 g/mol. The molecule has 0 saturated carbocycles. The third-order valence-corrected chi connectivity index (χ3v) is 3.03. The van der Waals surface area contributed by atoms with E-state index in [9.17, 15) is 4.79 Å². The van der Waals surface area contributed by atoms with Gasteiger partial charge in [0.15, 0.2) is 0 Å². The highest BCUT2D eigenvalue weighted by molar-refractivity contribution is 6.31. The number of nitrogens with one attached hydrogen (secondary N) is 2. The molecular weight excluding hydrogens is 236 g/mol. The van der Waals surface area contributed by atoms with Crippen molar-refractivity contribution in [1.82, 2.24) is 10.6 Å². The Morgan fingerprint density at radius 1 is 1.41 bits per heavy atom. The minimum absolute atomic E-state index is 0.00906. The summed E-state index contributed by atoms with van der Waals surface area (Å²) in [5.74, 6) is -0.00906. The van der Waals surface area contributed by atoms with Crippen molar-refractivity contribution in [2.45, 2.75) is 32.9 Å². The van der Waals surface area contributed by atoms with E-state index in [0.717, 1.165) is 12.0 Å². The molecule has 0 spiro atoms. The van der Waals surface area contributed by atoms with Crippen molar-refractivity contribution < 1.29 is 4.79 Å². The maximum absolute atomic E-state index is 11.5. The summed E-state index contributed by atoms with van der Waals surface area (Å²) in [6, 6.07) is 7.87. The lowest BCUT2D eigenvalue weighted by Gasteiger charge is -2.11. The quantitative estimate of drug-likeness (QED) is 0.818. The second-order valence-corrected chi connectivity index (χ2v) is 4.47. The van der Waals surface area contributed by atoms with Crippen molar-refractivity contribution in [1.29, 1.82) is 0 Å². The van der Waals surface area contributed by atoms with Crippen LogP contribution in [-0.4, -0.2) is 18.5 Å². The second kappa shape index (κ2) is 7.30. The summed E-state index contributed by atoms with van der Waals surface area (Å²) < 4.78 is 0. The molecule has 0 saturated heterocycles. The van der Waals surface area contributed by atoms with Crippen molar-refractivity contribution in [3.63, 3.8) is 0 Å². The van der Waals surface area contributed by atoms with Crippen LogP contribution in [0.1, 0.15) is 25.8 Å². The van der Waals surface area contributed by atoms with Gasteiger partial charge in [0.05, 0.1) is 6.54 Å². The number of amides is 1. The van der Waals surface area contributed by atoms with E-state index in [2.05, 4.69) is 24.5 Å². The first-order valence-electron chi connectivity index (χ1n) is 5.87. The van der Waals surface area contributed by atoms with Crippen LogP contribution >= 0.6 is 11.6 Å². The normalized spacial score (nSPS) is 12.2. The lowest BCUT2D eigenvalue weighted by Crippen LogP contribution is -2.37. The van der Waals surface area contributed by atoms with E-state index in [4.69, 9.17) is 11.6 Å². The minimum Gasteiger partial charge on any atom is -0.351 e. The Kier molecular flexibility index (Phi) is 6.01. The molecule has 94 valence electrons. The predicted molar refractivity (Wildman–Crippen MR) is 71.1 cm³/mol. The van der Waals surface area contributed by atoms with Crippen molar-refractivity contribution in [2.75, 3.05) is 6.54 Å². The molecule has 0 bridgehead atoms. The van der Waals surface area contributed by atoms with Gasteiger partial charge < -0.3 is 10.6 Å². The fourth-order valence-electron chi connectivity index (χ4n) is 1.31. The molecule has 17 heavy (non-hydrogen) atoms. The van der Waals surface area contributed by atoms with E-state index in [1.165, 1.54) is 0 Å². The van der Waals surface area contributed by atoms with Crippen LogP contribution in [0.4, 0.5) is 0 Å². The van der Waals surface area contributed by atoms with Crippen LogP contribution in [0.15, 0.2) is 24.3 Å². The molecule has 1 aromatic carbocycles. The molecule has 0 aromatic heterocycles. The van der Waals surface area contributed by atoms with Gasteiger partial charge in [0.2, 0.25) is 5.91 Å². The smallest absolute Gasteiger partial charge is 0.234 e. The number of halogens is 1. The van der Waals surface area contributed by atoms with Crippen LogP contribution < -0.4 is 10.6 Å². The summed E-state index contributed by atoms with van der Waals surface area (Å²) in [5, 5.41) is 6.65. The summed E-state index contributed by atoms with van der Waals surface area (Å²) in [6.45, 7) is 4.96. The standard InChI is InChI=1S/C13H19ClN2O/c1-3-10(2)15-9-13(17)16-8-11-6-4-5-7-12(11)14/h4-7,10,15H,3,8-9H2,1-2H3,(H,16,17). The van der Waals surface area contributed by atoms with E-state index in [1.54, 1.807) is 0 Å². The van der Waals surface area contributed by atoms with Crippen LogP contribution in [0.2, 0.25) is 5.02 Å². The fraction of sp³-hybridized carbons (Fsp3) is 0.462. The first kappa shape index (κ1) is 14.0. The summed E-state index contributed by atoms with van der Waals surface area (Å²) in [5.41, 5.74) is 0.936. The number of carbonyl (C=O) groups is 1. The zero-order chi connectivity index (χ0) is 12.7. The summed E-state index contributed by atoms with van der Waals surface area (Å²) in [6.07, 6.45) is 1.01. The van der Waals surface area contributed by atoms with E-state index in [1.807, 2.05) is 24.3 Å². The van der Waals surface area contributed by atoms with Crippen molar-refractivity contribution in [3.05, 3.63) is 34.9 Å². The maximum atomic E-state index is 11.5. The summed E-state index contributed by atoms with van der Waals surface area (Å²) >= 11 is 5.99. The van der Waals surface area contributed by atoms with Gasteiger partial charge in [0.1, 0.15) is 0 Å². The Hall–Kier alpha value is -1.06. The second-order valence-electron chi connectivity index (χ2n) is 4.06. The molecule has 3 nitrogen and oxygen atoms in total. The molecular formula is C13H19ClN2O. The maximum Gasteiger partial charge on any atom is 0.234 e. The minimum atomic E-state index is -0.00906. The Morgan fingerprint density at radius 3 is 2.76 bits per heavy atom. The van der Waals surface area contributed by atoms with Gasteiger partial charge in [-0.3, -0.25) is 4.79 Å². The van der Waals surface area contributed by atoms with E-state index in [-0.39, 0.29) is 5.91 Å². The van der Waals surface area contributed by atoms with Gasteiger partial charge in [-0.05, 0) is 25.0 Å². The number of hydrogen-bond acceptors (Lipinski definition) is 2. The van der Waals surface area contributed by atoms with Gasteiger partial charge in [-0.15, -0.1) is 0 Å². The van der Waals surface area contributed by atoms with E-state index < -0.39 is 0 Å². The highest BCUT2D eigenvalue weighted by atomic mass is 35.5. The number of benzene rings is 1. The van der Waals surface area contributed by atoms with Crippen LogP contribution in [0.25, 0.3) is 0 Å². The van der Waals surface area contributed by atoms with Crippen LogP contribution in [0, 0.1) is 0 Å². The molecule has 4 heteroatoms. The molecule has 0 fully saturated rings. The molecule has 0 aliphatic heterocycles. The zero-order valence-corrected chi connectivity index (χ0v) is 11.1. The molecule has 0 aliphatic carbocycles. The van der Waals surface area contributed by atoms with Gasteiger partial charge in [-0.1, -0.05) is 36.7 Å². The fourth-order valence-corrected chi connectivity index (χ4v) is 1.51. The zero-order valence-electron chi connectivity index (χ0n) is 10.3. The van der Waals surface area contributed by atoms with Gasteiger partial charge >= 0.3 is 0 Å². The van der Waals surface area contributed by atoms with Crippen molar-refractivity contribution >= 4 is 17.5 Å². The van der Waals surface area contributed by atoms with Crippen molar-refractivity contribution in [2.24, 2.45) is 0 Å². The number of rotatable bonds is 6. The molecule has 2 N–H and O–H groups in total. The van der Waals surface area contributed by atoms with E-state index in [0.29, 0.717) is 24.2 Å². The lowest BCUT2D eigenvalue weighted by molar-refractivity contribution is -0.120. The van der Waals surface area contributed by atoms with E-state index >= 15 is 0 Å². The molecule has 0 aliphatic rings. The van der Waals surface area contributed by atoms with Gasteiger partial charge in [-0.25, -0.2) is 0 Å². The highest BCUT2D eigenvalue weighted by Gasteiger charge is 2.04. The largest absolute Gasteiger partial charge is 0.351 e. The van der Waals surface area contributed by atoms with Gasteiger partial charge in [-0.2, -0.15) is 0 Å². The first-order chi connectivity index (χ1) is 8.13. The molecule has 1 amide bonds. The third-order valence-electron chi connectivity index (χ3n) is 2.66. The van der Waals surface area contributed by atoms with Crippen LogP contribution in [0.5, 0.6) is 0 Å². The summed E-state index contributed by atoms with van der Waals surface area (Å²) in [4.78, 5) is 11.5. The Morgan fingerprint density at radius 2 is 2.12 bits per heavy atom.